The van der Waals surface area contributed by atoms with Crippen molar-refractivity contribution >= 4 is 14.4 Å². The molecule has 1 aliphatic rings. The van der Waals surface area contributed by atoms with Gasteiger partial charge in [0.15, 0.2) is 14.4 Å². The standard InChI is InChI=1S/C20H31NO5Si/c1-20(2,3)27(5,6)24-13-16-11-12-17(26-19(21)22)18(25-16)14-7-9-15(23-4)10-8-14/h7-12,16-18H,13H2,1-6H3,(H2,21,22)/t16-,17+,18+/m0/s1. The van der Waals surface area contributed by atoms with E-state index in [1.807, 2.05) is 36.4 Å². The zero-order valence-electron chi connectivity index (χ0n) is 17.0. The smallest absolute Gasteiger partial charge is 0.405 e. The molecule has 0 saturated heterocycles. The Morgan fingerprint density at radius 1 is 1.19 bits per heavy atom. The second-order valence-electron chi connectivity index (χ2n) is 8.23. The first kappa shape index (κ1) is 21.5. The van der Waals surface area contributed by atoms with Crippen LogP contribution in [0.4, 0.5) is 4.79 Å². The van der Waals surface area contributed by atoms with Crippen molar-refractivity contribution < 1.29 is 23.4 Å². The monoisotopic (exact) mass is 393 g/mol. The molecule has 1 aliphatic heterocycles. The SMILES string of the molecule is COc1ccc([C@H]2O[C@H](CO[Si](C)(C)C(C)(C)C)C=C[C@H]2OC(N)=O)cc1. The van der Waals surface area contributed by atoms with E-state index in [1.54, 1.807) is 7.11 Å². The maximum atomic E-state index is 11.3. The van der Waals surface area contributed by atoms with E-state index in [4.69, 9.17) is 24.4 Å². The summed E-state index contributed by atoms with van der Waals surface area (Å²) < 4.78 is 22.9. The topological polar surface area (TPSA) is 80.0 Å². The van der Waals surface area contributed by atoms with Gasteiger partial charge in [-0.2, -0.15) is 0 Å². The molecule has 0 bridgehead atoms. The molecule has 0 spiro atoms. The minimum atomic E-state index is -1.88. The Kier molecular flexibility index (Phi) is 6.72. The average molecular weight is 394 g/mol. The molecule has 150 valence electrons. The van der Waals surface area contributed by atoms with Gasteiger partial charge in [0.1, 0.15) is 11.9 Å². The van der Waals surface area contributed by atoms with Crippen LogP contribution in [0.5, 0.6) is 5.75 Å². The van der Waals surface area contributed by atoms with Crippen molar-refractivity contribution in [2.24, 2.45) is 5.73 Å². The van der Waals surface area contributed by atoms with Crippen LogP contribution < -0.4 is 10.5 Å². The average Bonchev–Trinajstić information content (AvgIpc) is 2.59. The number of ether oxygens (including phenoxy) is 3. The summed E-state index contributed by atoms with van der Waals surface area (Å²) in [6.45, 7) is 11.5. The highest BCUT2D eigenvalue weighted by molar-refractivity contribution is 6.74. The maximum absolute atomic E-state index is 11.3. The van der Waals surface area contributed by atoms with Crippen LogP contribution in [-0.2, 0) is 13.9 Å². The molecule has 0 radical (unpaired) electrons. The number of rotatable bonds is 6. The van der Waals surface area contributed by atoms with Gasteiger partial charge < -0.3 is 24.4 Å². The Hall–Kier alpha value is -1.83. The van der Waals surface area contributed by atoms with E-state index in [-0.39, 0.29) is 11.1 Å². The first-order chi connectivity index (χ1) is 12.5. The van der Waals surface area contributed by atoms with E-state index in [1.165, 1.54) is 0 Å². The predicted octanol–water partition coefficient (Wildman–Crippen LogP) is 4.18. The maximum Gasteiger partial charge on any atom is 0.405 e. The molecule has 0 aliphatic carbocycles. The molecule has 0 unspecified atom stereocenters. The summed E-state index contributed by atoms with van der Waals surface area (Å²) in [6, 6.07) is 7.48. The Labute approximate surface area is 162 Å². The largest absolute Gasteiger partial charge is 0.497 e. The van der Waals surface area contributed by atoms with Gasteiger partial charge in [0.05, 0.1) is 19.8 Å². The van der Waals surface area contributed by atoms with Crippen molar-refractivity contribution in [3.05, 3.63) is 42.0 Å². The van der Waals surface area contributed by atoms with Crippen molar-refractivity contribution in [2.45, 2.75) is 57.2 Å². The van der Waals surface area contributed by atoms with Gasteiger partial charge in [-0.1, -0.05) is 39.0 Å². The van der Waals surface area contributed by atoms with Crippen LogP contribution in [0.1, 0.15) is 32.4 Å². The van der Waals surface area contributed by atoms with Crippen LogP contribution in [0.2, 0.25) is 18.1 Å². The third-order valence-electron chi connectivity index (χ3n) is 5.25. The summed E-state index contributed by atoms with van der Waals surface area (Å²) in [5.41, 5.74) is 6.10. The third kappa shape index (κ3) is 5.57. The fourth-order valence-electron chi connectivity index (χ4n) is 2.54. The zero-order valence-corrected chi connectivity index (χ0v) is 18.0. The molecule has 0 saturated carbocycles. The van der Waals surface area contributed by atoms with Crippen molar-refractivity contribution in [3.63, 3.8) is 0 Å². The van der Waals surface area contributed by atoms with Crippen LogP contribution in [0.25, 0.3) is 0 Å². The van der Waals surface area contributed by atoms with E-state index in [2.05, 4.69) is 33.9 Å². The zero-order chi connectivity index (χ0) is 20.2. The predicted molar refractivity (Wildman–Crippen MR) is 107 cm³/mol. The molecule has 2 N–H and O–H groups in total. The van der Waals surface area contributed by atoms with Crippen molar-refractivity contribution in [1.29, 1.82) is 0 Å². The van der Waals surface area contributed by atoms with E-state index >= 15 is 0 Å². The fraction of sp³-hybridized carbons (Fsp3) is 0.550. The van der Waals surface area contributed by atoms with Crippen LogP contribution in [0.15, 0.2) is 36.4 Å². The Balaban J connectivity index is 2.15. The van der Waals surface area contributed by atoms with Gasteiger partial charge >= 0.3 is 6.09 Å². The molecule has 1 aromatic rings. The minimum Gasteiger partial charge on any atom is -0.497 e. The lowest BCUT2D eigenvalue weighted by atomic mass is 10.0. The molecule has 1 heterocycles. The summed E-state index contributed by atoms with van der Waals surface area (Å²) >= 11 is 0. The summed E-state index contributed by atoms with van der Waals surface area (Å²) in [4.78, 5) is 11.3. The van der Waals surface area contributed by atoms with Gasteiger partial charge in [0.25, 0.3) is 0 Å². The number of carbonyl (C=O) groups is 1. The second-order valence-corrected chi connectivity index (χ2v) is 13.0. The van der Waals surface area contributed by atoms with E-state index in [9.17, 15) is 4.79 Å². The van der Waals surface area contributed by atoms with Gasteiger partial charge in [-0.3, -0.25) is 0 Å². The number of primary amides is 1. The molecule has 0 aromatic heterocycles. The molecule has 2 rings (SSSR count). The molecule has 0 fully saturated rings. The fourth-order valence-corrected chi connectivity index (χ4v) is 3.56. The highest BCUT2D eigenvalue weighted by Gasteiger charge is 2.38. The lowest BCUT2D eigenvalue weighted by Gasteiger charge is -2.38. The van der Waals surface area contributed by atoms with E-state index < -0.39 is 26.6 Å². The number of methoxy groups -OCH3 is 1. The van der Waals surface area contributed by atoms with Crippen LogP contribution in [0, 0.1) is 0 Å². The highest BCUT2D eigenvalue weighted by Crippen LogP contribution is 2.37. The van der Waals surface area contributed by atoms with Gasteiger partial charge in [0.2, 0.25) is 0 Å². The summed E-state index contributed by atoms with van der Waals surface area (Å²) in [5, 5.41) is 0.123. The van der Waals surface area contributed by atoms with Gasteiger partial charge in [-0.25, -0.2) is 4.79 Å². The highest BCUT2D eigenvalue weighted by atomic mass is 28.4. The quantitative estimate of drug-likeness (QED) is 0.579. The lowest BCUT2D eigenvalue weighted by Crippen LogP contribution is -2.44. The Morgan fingerprint density at radius 2 is 1.81 bits per heavy atom. The minimum absolute atomic E-state index is 0.123. The van der Waals surface area contributed by atoms with Gasteiger partial charge in [-0.05, 0) is 41.9 Å². The lowest BCUT2D eigenvalue weighted by molar-refractivity contribution is -0.0738. The molecular weight excluding hydrogens is 362 g/mol. The van der Waals surface area contributed by atoms with Gasteiger partial charge in [0, 0.05) is 0 Å². The molecule has 1 amide bonds. The Bertz CT molecular complexity index is 666. The van der Waals surface area contributed by atoms with Crippen molar-refractivity contribution in [1.82, 2.24) is 0 Å². The van der Waals surface area contributed by atoms with E-state index in [0.29, 0.717) is 6.61 Å². The molecular formula is C20H31NO5Si. The van der Waals surface area contributed by atoms with Crippen LogP contribution in [-0.4, -0.2) is 40.3 Å². The van der Waals surface area contributed by atoms with E-state index in [0.717, 1.165) is 11.3 Å². The number of benzene rings is 1. The molecule has 27 heavy (non-hydrogen) atoms. The molecule has 6 nitrogen and oxygen atoms in total. The number of carbonyl (C=O) groups excluding carboxylic acids is 1. The molecule has 7 heteroatoms. The van der Waals surface area contributed by atoms with Crippen molar-refractivity contribution in [2.75, 3.05) is 13.7 Å². The summed E-state index contributed by atoms with van der Waals surface area (Å²) in [5.74, 6) is 0.746. The number of nitrogens with two attached hydrogens (primary N) is 1. The van der Waals surface area contributed by atoms with Crippen molar-refractivity contribution in [3.8, 4) is 5.75 Å². The summed E-state index contributed by atoms with van der Waals surface area (Å²) in [6.07, 6.45) is 1.60. The van der Waals surface area contributed by atoms with Gasteiger partial charge in [-0.15, -0.1) is 0 Å². The third-order valence-corrected chi connectivity index (χ3v) is 9.75. The molecule has 3 atom stereocenters. The Morgan fingerprint density at radius 3 is 2.33 bits per heavy atom. The second kappa shape index (κ2) is 8.46. The first-order valence-electron chi connectivity index (χ1n) is 9.11. The number of amides is 1. The van der Waals surface area contributed by atoms with Crippen LogP contribution in [0.3, 0.4) is 0 Å². The molecule has 1 aromatic carbocycles. The summed E-state index contributed by atoms with van der Waals surface area (Å²) in [7, 11) is -0.268. The number of hydrogen-bond donors (Lipinski definition) is 1. The normalized spacial score (nSPS) is 23.1. The number of hydrogen-bond acceptors (Lipinski definition) is 5. The first-order valence-corrected chi connectivity index (χ1v) is 12.0. The van der Waals surface area contributed by atoms with Crippen LogP contribution >= 0.6 is 0 Å².